The fourth-order valence-electron chi connectivity index (χ4n) is 2.85. The number of nitrogens with zero attached hydrogens (tertiary/aromatic N) is 1. The summed E-state index contributed by atoms with van der Waals surface area (Å²) < 4.78 is 5.50. The molecule has 0 aliphatic carbocycles. The van der Waals surface area contributed by atoms with Crippen LogP contribution >= 0.6 is 12.2 Å². The molecule has 144 valence electrons. The summed E-state index contributed by atoms with van der Waals surface area (Å²) in [5.41, 5.74) is 1.35. The third-order valence-corrected chi connectivity index (χ3v) is 4.33. The molecule has 28 heavy (non-hydrogen) atoms. The third kappa shape index (κ3) is 4.17. The summed E-state index contributed by atoms with van der Waals surface area (Å²) in [5.74, 6) is -0.560. The Labute approximate surface area is 167 Å². The van der Waals surface area contributed by atoms with Gasteiger partial charge in [0.15, 0.2) is 5.11 Å². The maximum Gasteiger partial charge on any atom is 0.261 e. The molecular weight excluding hydrogens is 378 g/mol. The molecule has 8 heteroatoms. The molecule has 7 nitrogen and oxygen atoms in total. The summed E-state index contributed by atoms with van der Waals surface area (Å²) in [6.07, 6.45) is -0.0552. The summed E-state index contributed by atoms with van der Waals surface area (Å²) in [6.45, 7) is 2.35. The number of anilines is 1. The van der Waals surface area contributed by atoms with E-state index in [9.17, 15) is 14.4 Å². The fourth-order valence-corrected chi connectivity index (χ4v) is 3.07. The van der Waals surface area contributed by atoms with E-state index < -0.39 is 5.91 Å². The number of hydrogen-bond acceptors (Lipinski definition) is 5. The average Bonchev–Trinajstić information content (AvgIpc) is 2.92. The minimum absolute atomic E-state index is 0.0175. The van der Waals surface area contributed by atoms with Crippen LogP contribution in [0.25, 0.3) is 0 Å². The lowest BCUT2D eigenvalue weighted by molar-refractivity contribution is -0.119. The fraction of sp³-hybridized carbons (Fsp3) is 0.200. The molecule has 0 saturated carbocycles. The molecule has 2 N–H and O–H groups in total. The largest absolute Gasteiger partial charge is 0.492 e. The van der Waals surface area contributed by atoms with Crippen molar-refractivity contribution < 1.29 is 19.1 Å². The highest BCUT2D eigenvalue weighted by molar-refractivity contribution is 7.80. The molecule has 2 aromatic rings. The van der Waals surface area contributed by atoms with E-state index in [0.717, 1.165) is 4.90 Å². The van der Waals surface area contributed by atoms with Crippen LogP contribution in [0.4, 0.5) is 5.69 Å². The highest BCUT2D eigenvalue weighted by Gasteiger charge is 2.34. The molecule has 1 heterocycles. The quantitative estimate of drug-likeness (QED) is 0.575. The Kier molecular flexibility index (Phi) is 6.00. The van der Waals surface area contributed by atoms with Crippen LogP contribution in [-0.2, 0) is 4.79 Å². The molecule has 0 saturated heterocycles. The molecule has 0 atom stereocenters. The van der Waals surface area contributed by atoms with Crippen molar-refractivity contribution in [2.45, 2.75) is 13.3 Å². The smallest absolute Gasteiger partial charge is 0.261 e. The van der Waals surface area contributed by atoms with Crippen LogP contribution in [0.3, 0.4) is 0 Å². The van der Waals surface area contributed by atoms with Crippen molar-refractivity contribution >= 4 is 40.7 Å². The van der Waals surface area contributed by atoms with E-state index in [4.69, 9.17) is 17.0 Å². The lowest BCUT2D eigenvalue weighted by atomic mass is 10.1. The maximum atomic E-state index is 12.3. The van der Waals surface area contributed by atoms with Gasteiger partial charge in [0.25, 0.3) is 11.8 Å². The number of hydrogen-bond donors (Lipinski definition) is 2. The third-order valence-electron chi connectivity index (χ3n) is 4.13. The summed E-state index contributed by atoms with van der Waals surface area (Å²) >= 11 is 5.16. The molecule has 2 aromatic carbocycles. The number of fused-ring (bicyclic) bond motifs is 1. The number of para-hydroxylation sites is 2. The lowest BCUT2D eigenvalue weighted by Crippen LogP contribution is -2.38. The summed E-state index contributed by atoms with van der Waals surface area (Å²) in [7, 11) is 0. The van der Waals surface area contributed by atoms with Crippen molar-refractivity contribution in [2.24, 2.45) is 0 Å². The standard InChI is InChI=1S/C20H19N3O4S/c1-2-27-16-10-6-5-9-15(16)21-20(28)22-17(24)11-12-23-18(25)13-7-3-4-8-14(13)19(23)26/h3-10H,2,11-12H2,1H3,(H2,21,22,24,28). The van der Waals surface area contributed by atoms with Gasteiger partial charge in [-0.25, -0.2) is 0 Å². The van der Waals surface area contributed by atoms with Gasteiger partial charge in [-0.3, -0.25) is 19.3 Å². The number of ether oxygens (including phenoxy) is 1. The number of carbonyl (C=O) groups is 3. The van der Waals surface area contributed by atoms with E-state index in [1.54, 1.807) is 36.4 Å². The second kappa shape index (κ2) is 8.62. The van der Waals surface area contributed by atoms with E-state index in [2.05, 4.69) is 10.6 Å². The second-order valence-electron chi connectivity index (χ2n) is 5.99. The Morgan fingerprint density at radius 2 is 1.64 bits per heavy atom. The van der Waals surface area contributed by atoms with Gasteiger partial charge in [-0.2, -0.15) is 0 Å². The number of thiocarbonyl (C=S) groups is 1. The predicted molar refractivity (Wildman–Crippen MR) is 108 cm³/mol. The lowest BCUT2D eigenvalue weighted by Gasteiger charge is -2.15. The van der Waals surface area contributed by atoms with Crippen LogP contribution < -0.4 is 15.4 Å². The molecule has 0 unspecified atom stereocenters. The van der Waals surface area contributed by atoms with Gasteiger partial charge >= 0.3 is 0 Å². The monoisotopic (exact) mass is 397 g/mol. The normalized spacial score (nSPS) is 12.5. The summed E-state index contributed by atoms with van der Waals surface area (Å²) in [5, 5.41) is 5.57. The van der Waals surface area contributed by atoms with Gasteiger partial charge in [0.05, 0.1) is 23.4 Å². The zero-order chi connectivity index (χ0) is 20.1. The Morgan fingerprint density at radius 1 is 1.04 bits per heavy atom. The highest BCUT2D eigenvalue weighted by atomic mass is 32.1. The van der Waals surface area contributed by atoms with Crippen LogP contribution in [0.15, 0.2) is 48.5 Å². The van der Waals surface area contributed by atoms with E-state index in [1.165, 1.54) is 0 Å². The van der Waals surface area contributed by atoms with Crippen LogP contribution in [0.2, 0.25) is 0 Å². The second-order valence-corrected chi connectivity index (χ2v) is 6.40. The van der Waals surface area contributed by atoms with Gasteiger partial charge in [-0.05, 0) is 43.4 Å². The molecule has 0 fully saturated rings. The van der Waals surface area contributed by atoms with Crippen molar-refractivity contribution in [3.05, 3.63) is 59.7 Å². The van der Waals surface area contributed by atoms with E-state index in [1.807, 2.05) is 19.1 Å². The molecule has 1 aliphatic rings. The first kappa shape index (κ1) is 19.5. The zero-order valence-electron chi connectivity index (χ0n) is 15.2. The number of imide groups is 1. The van der Waals surface area contributed by atoms with Crippen molar-refractivity contribution in [2.75, 3.05) is 18.5 Å². The van der Waals surface area contributed by atoms with Crippen LogP contribution in [0.5, 0.6) is 5.75 Å². The summed E-state index contributed by atoms with van der Waals surface area (Å²) in [6, 6.07) is 13.8. The SMILES string of the molecule is CCOc1ccccc1NC(=S)NC(=O)CCN1C(=O)c2ccccc2C1=O. The minimum atomic E-state index is -0.400. The van der Waals surface area contributed by atoms with Crippen molar-refractivity contribution in [1.82, 2.24) is 10.2 Å². The minimum Gasteiger partial charge on any atom is -0.492 e. The van der Waals surface area contributed by atoms with Gasteiger partial charge in [-0.15, -0.1) is 0 Å². The van der Waals surface area contributed by atoms with E-state index in [0.29, 0.717) is 29.2 Å². The molecule has 0 spiro atoms. The van der Waals surface area contributed by atoms with Crippen LogP contribution in [0.1, 0.15) is 34.1 Å². The first-order chi connectivity index (χ1) is 13.5. The molecular formula is C20H19N3O4S. The molecule has 3 rings (SSSR count). The highest BCUT2D eigenvalue weighted by Crippen LogP contribution is 2.24. The Balaban J connectivity index is 1.53. The molecule has 0 bridgehead atoms. The topological polar surface area (TPSA) is 87.7 Å². The summed E-state index contributed by atoms with van der Waals surface area (Å²) in [4.78, 5) is 37.9. The van der Waals surface area contributed by atoms with Crippen molar-refractivity contribution in [3.8, 4) is 5.75 Å². The molecule has 1 aliphatic heterocycles. The van der Waals surface area contributed by atoms with Crippen molar-refractivity contribution in [1.29, 1.82) is 0 Å². The first-order valence-electron chi connectivity index (χ1n) is 8.79. The van der Waals surface area contributed by atoms with Gasteiger partial charge < -0.3 is 15.4 Å². The Hall–Kier alpha value is -3.26. The molecule has 0 aromatic heterocycles. The number of nitrogens with one attached hydrogen (secondary N) is 2. The maximum absolute atomic E-state index is 12.3. The van der Waals surface area contributed by atoms with E-state index >= 15 is 0 Å². The van der Waals surface area contributed by atoms with Gasteiger partial charge in [-0.1, -0.05) is 24.3 Å². The molecule has 3 amide bonds. The predicted octanol–water partition coefficient (Wildman–Crippen LogP) is 2.58. The number of carbonyl (C=O) groups excluding carboxylic acids is 3. The van der Waals surface area contributed by atoms with E-state index in [-0.39, 0.29) is 29.9 Å². The van der Waals surface area contributed by atoms with Crippen LogP contribution in [0, 0.1) is 0 Å². The van der Waals surface area contributed by atoms with Crippen LogP contribution in [-0.4, -0.2) is 40.9 Å². The average molecular weight is 397 g/mol. The van der Waals surface area contributed by atoms with Gasteiger partial charge in [0.1, 0.15) is 5.75 Å². The Morgan fingerprint density at radius 3 is 2.29 bits per heavy atom. The number of amides is 3. The van der Waals surface area contributed by atoms with Gasteiger partial charge in [0, 0.05) is 13.0 Å². The Bertz CT molecular complexity index is 910. The zero-order valence-corrected chi connectivity index (χ0v) is 16.0. The molecule has 0 radical (unpaired) electrons. The number of benzene rings is 2. The number of rotatable bonds is 6. The van der Waals surface area contributed by atoms with Gasteiger partial charge in [0.2, 0.25) is 5.91 Å². The van der Waals surface area contributed by atoms with Crippen molar-refractivity contribution in [3.63, 3.8) is 0 Å². The first-order valence-corrected chi connectivity index (χ1v) is 9.20.